The van der Waals surface area contributed by atoms with Crippen LogP contribution in [-0.2, 0) is 9.59 Å². The zero-order valence-corrected chi connectivity index (χ0v) is 8.66. The van der Waals surface area contributed by atoms with Crippen molar-refractivity contribution in [2.75, 3.05) is 0 Å². The van der Waals surface area contributed by atoms with Gasteiger partial charge in [-0.25, -0.2) is 0 Å². The van der Waals surface area contributed by atoms with Gasteiger partial charge >= 0.3 is 5.97 Å². The Kier molecular flexibility index (Phi) is 4.11. The lowest BCUT2D eigenvalue weighted by Crippen LogP contribution is -2.27. The molecule has 80 valence electrons. The number of hydrogen-bond acceptors (Lipinski definition) is 2. The van der Waals surface area contributed by atoms with Crippen LogP contribution in [0, 0.1) is 11.8 Å². The van der Waals surface area contributed by atoms with E-state index in [0.717, 1.165) is 32.1 Å². The number of hydrogen-bond donors (Lipinski definition) is 1. The molecule has 3 nitrogen and oxygen atoms in total. The summed E-state index contributed by atoms with van der Waals surface area (Å²) in [6.45, 7) is 1.57. The maximum atomic E-state index is 10.9. The average molecular weight is 198 g/mol. The fourth-order valence-corrected chi connectivity index (χ4v) is 2.27. The number of aliphatic carboxylic acids is 1. The van der Waals surface area contributed by atoms with Crippen LogP contribution in [0.15, 0.2) is 0 Å². The van der Waals surface area contributed by atoms with E-state index in [1.807, 2.05) is 0 Å². The summed E-state index contributed by atoms with van der Waals surface area (Å²) in [4.78, 5) is 21.7. The van der Waals surface area contributed by atoms with Gasteiger partial charge in [-0.2, -0.15) is 0 Å². The molecule has 0 aromatic heterocycles. The lowest BCUT2D eigenvalue weighted by molar-refractivity contribution is -0.145. The Hall–Kier alpha value is -0.860. The van der Waals surface area contributed by atoms with Gasteiger partial charge in [0.2, 0.25) is 0 Å². The highest BCUT2D eigenvalue weighted by molar-refractivity contribution is 5.75. The van der Waals surface area contributed by atoms with Gasteiger partial charge in [-0.15, -0.1) is 0 Å². The number of Topliss-reactive ketones (excluding diaryl/α,β-unsaturated/α-hetero) is 1. The molecule has 2 unspecified atom stereocenters. The first-order valence-electron chi connectivity index (χ1n) is 5.33. The molecule has 0 amide bonds. The van der Waals surface area contributed by atoms with Gasteiger partial charge in [0.1, 0.15) is 5.78 Å². The van der Waals surface area contributed by atoms with Crippen LogP contribution in [0.5, 0.6) is 0 Å². The molecule has 1 aliphatic carbocycles. The maximum Gasteiger partial charge on any atom is 0.306 e. The van der Waals surface area contributed by atoms with Crippen LogP contribution in [0.25, 0.3) is 0 Å². The monoisotopic (exact) mass is 198 g/mol. The third kappa shape index (κ3) is 3.13. The van der Waals surface area contributed by atoms with Gasteiger partial charge < -0.3 is 9.90 Å². The van der Waals surface area contributed by atoms with E-state index in [2.05, 4.69) is 0 Å². The van der Waals surface area contributed by atoms with Crippen LogP contribution in [0.3, 0.4) is 0 Å². The summed E-state index contributed by atoms with van der Waals surface area (Å²) >= 11 is 0. The molecule has 1 aliphatic rings. The molecule has 0 bridgehead atoms. The van der Waals surface area contributed by atoms with E-state index in [9.17, 15) is 9.59 Å². The minimum absolute atomic E-state index is 0.166. The Morgan fingerprint density at radius 2 is 1.93 bits per heavy atom. The van der Waals surface area contributed by atoms with Gasteiger partial charge in [-0.3, -0.25) is 4.79 Å². The predicted octanol–water partition coefficient (Wildman–Crippen LogP) is 2.25. The van der Waals surface area contributed by atoms with Gasteiger partial charge in [0, 0.05) is 6.42 Å². The molecule has 1 fully saturated rings. The average Bonchev–Trinajstić information content (AvgIpc) is 2.15. The SMILES string of the molecule is CC(=O)CCC1CCCCC1C(=O)O. The van der Waals surface area contributed by atoms with Crippen molar-refractivity contribution in [3.05, 3.63) is 0 Å². The van der Waals surface area contributed by atoms with Crippen molar-refractivity contribution in [3.8, 4) is 0 Å². The normalized spacial score (nSPS) is 27.2. The highest BCUT2D eigenvalue weighted by Gasteiger charge is 2.30. The lowest BCUT2D eigenvalue weighted by Gasteiger charge is -2.28. The summed E-state index contributed by atoms with van der Waals surface area (Å²) in [7, 11) is 0. The molecular formula is C11H18O3. The van der Waals surface area contributed by atoms with Crippen molar-refractivity contribution < 1.29 is 14.7 Å². The van der Waals surface area contributed by atoms with E-state index in [-0.39, 0.29) is 17.6 Å². The second kappa shape index (κ2) is 5.13. The first-order valence-corrected chi connectivity index (χ1v) is 5.33. The number of carboxylic acid groups (broad SMARTS) is 1. The number of carbonyl (C=O) groups excluding carboxylic acids is 1. The van der Waals surface area contributed by atoms with Crippen molar-refractivity contribution >= 4 is 11.8 Å². The van der Waals surface area contributed by atoms with E-state index >= 15 is 0 Å². The van der Waals surface area contributed by atoms with E-state index in [1.54, 1.807) is 6.92 Å². The Balaban J connectivity index is 2.45. The van der Waals surface area contributed by atoms with Gasteiger partial charge in [-0.05, 0) is 32.1 Å². The van der Waals surface area contributed by atoms with Crippen LogP contribution in [-0.4, -0.2) is 16.9 Å². The van der Waals surface area contributed by atoms with Gasteiger partial charge in [0.15, 0.2) is 0 Å². The standard InChI is InChI=1S/C11H18O3/c1-8(12)6-7-9-4-2-3-5-10(9)11(13)14/h9-10H,2-7H2,1H3,(H,13,14). The van der Waals surface area contributed by atoms with Crippen molar-refractivity contribution in [3.63, 3.8) is 0 Å². The van der Waals surface area contributed by atoms with Crippen molar-refractivity contribution in [2.45, 2.75) is 45.4 Å². The molecule has 1 N–H and O–H groups in total. The molecule has 0 aromatic rings. The van der Waals surface area contributed by atoms with Crippen LogP contribution in [0.1, 0.15) is 45.4 Å². The van der Waals surface area contributed by atoms with Crippen LogP contribution in [0.2, 0.25) is 0 Å². The first-order chi connectivity index (χ1) is 6.61. The van der Waals surface area contributed by atoms with Crippen molar-refractivity contribution in [1.29, 1.82) is 0 Å². The molecule has 0 aromatic carbocycles. The lowest BCUT2D eigenvalue weighted by atomic mass is 9.77. The van der Waals surface area contributed by atoms with Gasteiger partial charge in [-0.1, -0.05) is 12.8 Å². The predicted molar refractivity (Wildman–Crippen MR) is 53.0 cm³/mol. The minimum atomic E-state index is -0.682. The molecule has 14 heavy (non-hydrogen) atoms. The summed E-state index contributed by atoms with van der Waals surface area (Å²) in [5, 5.41) is 8.99. The smallest absolute Gasteiger partial charge is 0.306 e. The van der Waals surface area contributed by atoms with E-state index < -0.39 is 5.97 Å². The number of carboxylic acids is 1. The van der Waals surface area contributed by atoms with Gasteiger partial charge in [0.05, 0.1) is 5.92 Å². The first kappa shape index (κ1) is 11.2. The Morgan fingerprint density at radius 3 is 2.50 bits per heavy atom. The number of ketones is 1. The number of carbonyl (C=O) groups is 2. The highest BCUT2D eigenvalue weighted by Crippen LogP contribution is 2.33. The van der Waals surface area contributed by atoms with Crippen molar-refractivity contribution in [1.82, 2.24) is 0 Å². The fourth-order valence-electron chi connectivity index (χ4n) is 2.27. The van der Waals surface area contributed by atoms with Crippen molar-refractivity contribution in [2.24, 2.45) is 11.8 Å². The molecule has 2 atom stereocenters. The topological polar surface area (TPSA) is 54.4 Å². The van der Waals surface area contributed by atoms with E-state index in [4.69, 9.17) is 5.11 Å². The summed E-state index contributed by atoms with van der Waals surface area (Å²) in [6.07, 6.45) is 5.20. The molecule has 1 saturated carbocycles. The molecule has 3 heteroatoms. The van der Waals surface area contributed by atoms with Gasteiger partial charge in [0.25, 0.3) is 0 Å². The molecule has 0 radical (unpaired) electrons. The Morgan fingerprint density at radius 1 is 1.29 bits per heavy atom. The second-order valence-corrected chi connectivity index (χ2v) is 4.23. The van der Waals surface area contributed by atoms with Crippen LogP contribution in [0.4, 0.5) is 0 Å². The maximum absolute atomic E-state index is 10.9. The van der Waals surface area contributed by atoms with Crippen LogP contribution >= 0.6 is 0 Å². The Labute approximate surface area is 84.5 Å². The van der Waals surface area contributed by atoms with E-state index in [1.165, 1.54) is 0 Å². The third-order valence-electron chi connectivity index (χ3n) is 3.09. The van der Waals surface area contributed by atoms with Crippen LogP contribution < -0.4 is 0 Å². The largest absolute Gasteiger partial charge is 0.481 e. The summed E-state index contributed by atoms with van der Waals surface area (Å²) < 4.78 is 0. The molecule has 0 saturated heterocycles. The fraction of sp³-hybridized carbons (Fsp3) is 0.818. The molecule has 0 aliphatic heterocycles. The molecular weight excluding hydrogens is 180 g/mol. The third-order valence-corrected chi connectivity index (χ3v) is 3.09. The molecule has 1 rings (SSSR count). The number of rotatable bonds is 4. The quantitative estimate of drug-likeness (QED) is 0.753. The second-order valence-electron chi connectivity index (χ2n) is 4.23. The summed E-state index contributed by atoms with van der Waals surface area (Å²) in [5.41, 5.74) is 0. The Bertz CT molecular complexity index is 223. The molecule has 0 heterocycles. The molecule has 0 spiro atoms. The highest BCUT2D eigenvalue weighted by atomic mass is 16.4. The minimum Gasteiger partial charge on any atom is -0.481 e. The zero-order chi connectivity index (χ0) is 10.6. The summed E-state index contributed by atoms with van der Waals surface area (Å²) in [6, 6.07) is 0. The van der Waals surface area contributed by atoms with E-state index in [0.29, 0.717) is 6.42 Å². The summed E-state index contributed by atoms with van der Waals surface area (Å²) in [5.74, 6) is -0.494. The zero-order valence-electron chi connectivity index (χ0n) is 8.66.